The molecular formula is C12H10N2O2. The number of carbonyl (C=O) groups excluding carboxylic acids is 1. The lowest BCUT2D eigenvalue weighted by Crippen LogP contribution is -2.02. The maximum Gasteiger partial charge on any atom is 0.198 e. The molecule has 0 spiro atoms. The number of nitrogens with zero attached hydrogens (tertiary/aromatic N) is 1. The number of nitrogen functional groups attached to an aromatic ring is 1. The lowest BCUT2D eigenvalue weighted by molar-refractivity contribution is 0.103. The van der Waals surface area contributed by atoms with Gasteiger partial charge in [-0.15, -0.1) is 0 Å². The Morgan fingerprint density at radius 2 is 2.12 bits per heavy atom. The summed E-state index contributed by atoms with van der Waals surface area (Å²) in [7, 11) is 0. The fourth-order valence-corrected chi connectivity index (χ4v) is 1.39. The van der Waals surface area contributed by atoms with Gasteiger partial charge in [-0.1, -0.05) is 0 Å². The molecule has 16 heavy (non-hydrogen) atoms. The summed E-state index contributed by atoms with van der Waals surface area (Å²) in [6.45, 7) is 0. The first-order valence-corrected chi connectivity index (χ1v) is 4.71. The molecule has 0 unspecified atom stereocenters. The number of phenols is 1. The average Bonchev–Trinajstić information content (AvgIpc) is 2.32. The highest BCUT2D eigenvalue weighted by Gasteiger charge is 2.13. The molecule has 0 bridgehead atoms. The number of nitrogens with two attached hydrogens (primary N) is 1. The number of pyridine rings is 1. The smallest absolute Gasteiger partial charge is 0.198 e. The normalized spacial score (nSPS) is 10.0. The molecule has 2 rings (SSSR count). The van der Waals surface area contributed by atoms with Crippen LogP contribution in [0.1, 0.15) is 15.9 Å². The first-order valence-electron chi connectivity index (χ1n) is 4.71. The molecule has 4 nitrogen and oxygen atoms in total. The minimum Gasteiger partial charge on any atom is -0.507 e. The summed E-state index contributed by atoms with van der Waals surface area (Å²) >= 11 is 0. The van der Waals surface area contributed by atoms with Crippen LogP contribution in [0, 0.1) is 0 Å². The van der Waals surface area contributed by atoms with E-state index in [0.717, 1.165) is 0 Å². The molecule has 2 aromatic rings. The van der Waals surface area contributed by atoms with Gasteiger partial charge in [0.2, 0.25) is 0 Å². The molecule has 0 radical (unpaired) electrons. The van der Waals surface area contributed by atoms with Gasteiger partial charge in [-0.3, -0.25) is 9.78 Å². The van der Waals surface area contributed by atoms with E-state index in [0.29, 0.717) is 11.3 Å². The minimum absolute atomic E-state index is 0.0805. The third-order valence-electron chi connectivity index (χ3n) is 2.19. The third-order valence-corrected chi connectivity index (χ3v) is 2.19. The zero-order chi connectivity index (χ0) is 11.5. The lowest BCUT2D eigenvalue weighted by Gasteiger charge is -2.04. The molecule has 0 amide bonds. The highest BCUT2D eigenvalue weighted by Crippen LogP contribution is 2.22. The number of aromatic hydroxyl groups is 1. The summed E-state index contributed by atoms with van der Waals surface area (Å²) < 4.78 is 0. The fourth-order valence-electron chi connectivity index (χ4n) is 1.39. The monoisotopic (exact) mass is 214 g/mol. The van der Waals surface area contributed by atoms with Crippen molar-refractivity contribution < 1.29 is 9.90 Å². The van der Waals surface area contributed by atoms with Gasteiger partial charge in [0.05, 0.1) is 5.56 Å². The van der Waals surface area contributed by atoms with E-state index >= 15 is 0 Å². The highest BCUT2D eigenvalue weighted by atomic mass is 16.3. The zero-order valence-corrected chi connectivity index (χ0v) is 8.42. The Hall–Kier alpha value is -2.36. The van der Waals surface area contributed by atoms with Crippen LogP contribution in [0.3, 0.4) is 0 Å². The molecular weight excluding hydrogens is 204 g/mol. The SMILES string of the molecule is Nc1ccc(O)c(C(=O)c2cccnc2)c1. The lowest BCUT2D eigenvalue weighted by atomic mass is 10.0. The summed E-state index contributed by atoms with van der Waals surface area (Å²) in [6.07, 6.45) is 3.03. The van der Waals surface area contributed by atoms with Crippen molar-refractivity contribution in [2.75, 3.05) is 5.73 Å². The van der Waals surface area contributed by atoms with Crippen LogP contribution in [0.4, 0.5) is 5.69 Å². The van der Waals surface area contributed by atoms with E-state index < -0.39 is 0 Å². The Bertz CT molecular complexity index is 524. The highest BCUT2D eigenvalue weighted by molar-refractivity contribution is 6.10. The van der Waals surface area contributed by atoms with Gasteiger partial charge in [-0.2, -0.15) is 0 Å². The molecule has 0 fully saturated rings. The Morgan fingerprint density at radius 3 is 2.81 bits per heavy atom. The number of ketones is 1. The number of rotatable bonds is 2. The third kappa shape index (κ3) is 1.86. The summed E-state index contributed by atoms with van der Waals surface area (Å²) in [5.41, 5.74) is 6.61. The van der Waals surface area contributed by atoms with Crippen molar-refractivity contribution in [3.63, 3.8) is 0 Å². The summed E-state index contributed by atoms with van der Waals surface area (Å²) in [6, 6.07) is 7.69. The van der Waals surface area contributed by atoms with Gasteiger partial charge in [-0.25, -0.2) is 0 Å². The predicted molar refractivity (Wildman–Crippen MR) is 60.2 cm³/mol. The number of hydrogen-bond donors (Lipinski definition) is 2. The molecule has 1 heterocycles. The quantitative estimate of drug-likeness (QED) is 0.452. The van der Waals surface area contributed by atoms with E-state index in [4.69, 9.17) is 5.73 Å². The van der Waals surface area contributed by atoms with Crippen molar-refractivity contribution >= 4 is 11.5 Å². The van der Waals surface area contributed by atoms with Crippen LogP contribution in [0.5, 0.6) is 5.75 Å². The van der Waals surface area contributed by atoms with Crippen molar-refractivity contribution in [2.24, 2.45) is 0 Å². The first kappa shape index (κ1) is 10.2. The molecule has 0 aliphatic carbocycles. The van der Waals surface area contributed by atoms with E-state index in [9.17, 15) is 9.90 Å². The number of benzene rings is 1. The molecule has 1 aromatic carbocycles. The maximum atomic E-state index is 12.0. The Balaban J connectivity index is 2.46. The van der Waals surface area contributed by atoms with Crippen molar-refractivity contribution in [2.45, 2.75) is 0 Å². The molecule has 0 saturated carbocycles. The molecule has 0 aliphatic rings. The predicted octanol–water partition coefficient (Wildman–Crippen LogP) is 1.60. The maximum absolute atomic E-state index is 12.0. The number of anilines is 1. The second-order valence-corrected chi connectivity index (χ2v) is 3.35. The van der Waals surface area contributed by atoms with Crippen molar-refractivity contribution in [3.05, 3.63) is 53.9 Å². The van der Waals surface area contributed by atoms with Crippen LogP contribution in [-0.2, 0) is 0 Å². The van der Waals surface area contributed by atoms with Gasteiger partial charge < -0.3 is 10.8 Å². The topological polar surface area (TPSA) is 76.2 Å². The van der Waals surface area contributed by atoms with Crippen LogP contribution < -0.4 is 5.73 Å². The van der Waals surface area contributed by atoms with Crippen LogP contribution in [0.15, 0.2) is 42.7 Å². The van der Waals surface area contributed by atoms with Gasteiger partial charge in [0.1, 0.15) is 5.75 Å². The van der Waals surface area contributed by atoms with Gasteiger partial charge in [0, 0.05) is 23.6 Å². The molecule has 0 aliphatic heterocycles. The Morgan fingerprint density at radius 1 is 1.31 bits per heavy atom. The van der Waals surface area contributed by atoms with Crippen molar-refractivity contribution in [1.29, 1.82) is 0 Å². The van der Waals surface area contributed by atoms with Crippen molar-refractivity contribution in [1.82, 2.24) is 4.98 Å². The number of hydrogen-bond acceptors (Lipinski definition) is 4. The Kier molecular flexibility index (Phi) is 2.55. The van der Waals surface area contributed by atoms with Crippen LogP contribution in [-0.4, -0.2) is 15.9 Å². The summed E-state index contributed by atoms with van der Waals surface area (Å²) in [5, 5.41) is 9.57. The average molecular weight is 214 g/mol. The fraction of sp³-hybridized carbons (Fsp3) is 0. The second-order valence-electron chi connectivity index (χ2n) is 3.35. The molecule has 0 saturated heterocycles. The molecule has 0 atom stereocenters. The van der Waals surface area contributed by atoms with Gasteiger partial charge in [0.15, 0.2) is 5.78 Å². The molecule has 4 heteroatoms. The van der Waals surface area contributed by atoms with E-state index in [1.807, 2.05) is 0 Å². The molecule has 80 valence electrons. The second kappa shape index (κ2) is 4.02. The largest absolute Gasteiger partial charge is 0.507 e. The van der Waals surface area contributed by atoms with E-state index in [1.54, 1.807) is 18.3 Å². The van der Waals surface area contributed by atoms with E-state index in [2.05, 4.69) is 4.98 Å². The van der Waals surface area contributed by atoms with E-state index in [-0.39, 0.29) is 17.1 Å². The zero-order valence-electron chi connectivity index (χ0n) is 8.42. The number of phenolic OH excluding ortho intramolecular Hbond substituents is 1. The minimum atomic E-state index is -0.294. The van der Waals surface area contributed by atoms with Gasteiger partial charge >= 0.3 is 0 Å². The van der Waals surface area contributed by atoms with Crippen LogP contribution in [0.2, 0.25) is 0 Å². The Labute approximate surface area is 92.4 Å². The summed E-state index contributed by atoms with van der Waals surface area (Å²) in [4.78, 5) is 15.8. The molecule has 3 N–H and O–H groups in total. The van der Waals surface area contributed by atoms with Gasteiger partial charge in [-0.05, 0) is 30.3 Å². The number of aromatic nitrogens is 1. The first-order chi connectivity index (χ1) is 7.68. The van der Waals surface area contributed by atoms with Gasteiger partial charge in [0.25, 0.3) is 0 Å². The van der Waals surface area contributed by atoms with Crippen molar-refractivity contribution in [3.8, 4) is 5.75 Å². The standard InChI is InChI=1S/C12H10N2O2/c13-9-3-4-11(15)10(6-9)12(16)8-2-1-5-14-7-8/h1-7,15H,13H2. The van der Waals surface area contributed by atoms with Crippen LogP contribution in [0.25, 0.3) is 0 Å². The van der Waals surface area contributed by atoms with Crippen LogP contribution >= 0.6 is 0 Å². The molecule has 1 aromatic heterocycles. The summed E-state index contributed by atoms with van der Waals surface area (Å²) in [5.74, 6) is -0.374. The van der Waals surface area contributed by atoms with E-state index in [1.165, 1.54) is 24.4 Å². The number of carbonyl (C=O) groups is 1.